The van der Waals surface area contributed by atoms with Crippen molar-refractivity contribution in [2.24, 2.45) is 4.99 Å². The van der Waals surface area contributed by atoms with Crippen LogP contribution in [0.2, 0.25) is 0 Å². The van der Waals surface area contributed by atoms with Gasteiger partial charge in [-0.25, -0.2) is 5.32 Å². The van der Waals surface area contributed by atoms with Crippen LogP contribution in [0.5, 0.6) is 0 Å². The molecule has 0 amide bonds. The molecule has 0 saturated carbocycles. The Morgan fingerprint density at radius 3 is 3.00 bits per heavy atom. The Kier molecular flexibility index (Phi) is 2.74. The van der Waals surface area contributed by atoms with Crippen LogP contribution in [0.1, 0.15) is 13.3 Å². The molecule has 1 rings (SSSR count). The van der Waals surface area contributed by atoms with Crippen molar-refractivity contribution >= 4 is 5.84 Å². The van der Waals surface area contributed by atoms with E-state index in [0.29, 0.717) is 0 Å². The number of amidine groups is 1. The zero-order valence-corrected chi connectivity index (χ0v) is 6.12. The van der Waals surface area contributed by atoms with Crippen LogP contribution in [0.25, 0.3) is 0 Å². The van der Waals surface area contributed by atoms with Gasteiger partial charge in [-0.3, -0.25) is 4.99 Å². The third-order valence-electron chi connectivity index (χ3n) is 1.15. The van der Waals surface area contributed by atoms with Gasteiger partial charge < -0.3 is 0 Å². The van der Waals surface area contributed by atoms with Crippen molar-refractivity contribution in [1.29, 1.82) is 0 Å². The summed E-state index contributed by atoms with van der Waals surface area (Å²) in [5, 5.41) is 4.05. The monoisotopic (exact) mass is 135 g/mol. The fourth-order valence-corrected chi connectivity index (χ4v) is 0.674. The van der Waals surface area contributed by atoms with Gasteiger partial charge in [0, 0.05) is 12.7 Å². The van der Waals surface area contributed by atoms with E-state index in [2.05, 4.69) is 17.2 Å². The summed E-state index contributed by atoms with van der Waals surface area (Å²) < 4.78 is 0. The van der Waals surface area contributed by atoms with Gasteiger partial charge in [-0.15, -0.1) is 0 Å². The van der Waals surface area contributed by atoms with Crippen LogP contribution < -0.4 is 5.32 Å². The van der Waals surface area contributed by atoms with E-state index in [1.165, 1.54) is 0 Å². The molecule has 10 heavy (non-hydrogen) atoms. The summed E-state index contributed by atoms with van der Waals surface area (Å²) in [5.74, 6) is 0.837. The quantitative estimate of drug-likeness (QED) is 0.548. The molecule has 1 aliphatic rings. The van der Waals surface area contributed by atoms with E-state index in [9.17, 15) is 0 Å². The molecule has 2 nitrogen and oxygen atoms in total. The van der Waals surface area contributed by atoms with Gasteiger partial charge in [0.1, 0.15) is 5.84 Å². The van der Waals surface area contributed by atoms with Crippen molar-refractivity contribution < 1.29 is 0 Å². The van der Waals surface area contributed by atoms with Gasteiger partial charge in [-0.1, -0.05) is 13.0 Å². The van der Waals surface area contributed by atoms with Crippen molar-refractivity contribution in [1.82, 2.24) is 5.32 Å². The summed E-state index contributed by atoms with van der Waals surface area (Å²) in [7, 11) is 0. The van der Waals surface area contributed by atoms with E-state index in [-0.39, 0.29) is 0 Å². The van der Waals surface area contributed by atoms with E-state index in [4.69, 9.17) is 0 Å². The molecule has 0 fully saturated rings. The van der Waals surface area contributed by atoms with Crippen molar-refractivity contribution in [3.05, 3.63) is 24.4 Å². The molecule has 0 spiro atoms. The molecule has 2 heteroatoms. The minimum atomic E-state index is 0.837. The Balaban J connectivity index is 2.42. The Labute approximate surface area is 61.4 Å². The van der Waals surface area contributed by atoms with Gasteiger partial charge in [0.25, 0.3) is 0 Å². The molecule has 0 aromatic rings. The number of hydrogen-bond acceptors (Lipinski definition) is 1. The van der Waals surface area contributed by atoms with E-state index in [0.717, 1.165) is 18.8 Å². The zero-order valence-electron chi connectivity index (χ0n) is 6.12. The molecular weight excluding hydrogens is 124 g/mol. The first-order chi connectivity index (χ1) is 4.93. The second-order valence-electron chi connectivity index (χ2n) is 2.07. The molecule has 1 aliphatic heterocycles. The van der Waals surface area contributed by atoms with Gasteiger partial charge in [-0.05, 0) is 18.6 Å². The third-order valence-corrected chi connectivity index (χ3v) is 1.15. The second kappa shape index (κ2) is 3.88. The van der Waals surface area contributed by atoms with Crippen LogP contribution in [0.3, 0.4) is 0 Å². The summed E-state index contributed by atoms with van der Waals surface area (Å²) >= 11 is 0. The van der Waals surface area contributed by atoms with Gasteiger partial charge in [0.2, 0.25) is 0 Å². The molecule has 0 saturated heterocycles. The standard InChI is InChI=1S/C8H11N2/c1-2-6-9-8-5-3-4-7-10-8/h3-5,7H,2,6H2,1H3. The number of rotatable bonds is 2. The Morgan fingerprint density at radius 2 is 2.40 bits per heavy atom. The second-order valence-corrected chi connectivity index (χ2v) is 2.07. The first-order valence-electron chi connectivity index (χ1n) is 3.52. The molecule has 0 bridgehead atoms. The normalized spacial score (nSPS) is 19.5. The van der Waals surface area contributed by atoms with Gasteiger partial charge in [-0.2, -0.15) is 0 Å². The van der Waals surface area contributed by atoms with Crippen LogP contribution in [0.4, 0.5) is 0 Å². The lowest BCUT2D eigenvalue weighted by atomic mass is 10.4. The predicted molar refractivity (Wildman–Crippen MR) is 43.0 cm³/mol. The van der Waals surface area contributed by atoms with Gasteiger partial charge >= 0.3 is 0 Å². The SMILES string of the molecule is CCCN=C1C=CC=C[N]1. The van der Waals surface area contributed by atoms with Crippen molar-refractivity contribution in [3.63, 3.8) is 0 Å². The van der Waals surface area contributed by atoms with Crippen LogP contribution in [0, 0.1) is 0 Å². The highest BCUT2D eigenvalue weighted by molar-refractivity contribution is 5.94. The summed E-state index contributed by atoms with van der Waals surface area (Å²) in [4.78, 5) is 4.21. The molecule has 53 valence electrons. The van der Waals surface area contributed by atoms with E-state index < -0.39 is 0 Å². The molecule has 0 N–H and O–H groups in total. The number of allylic oxidation sites excluding steroid dienone is 2. The van der Waals surface area contributed by atoms with Crippen molar-refractivity contribution in [2.45, 2.75) is 13.3 Å². The average Bonchev–Trinajstić information content (AvgIpc) is 2.03. The summed E-state index contributed by atoms with van der Waals surface area (Å²) in [6.45, 7) is 2.98. The maximum absolute atomic E-state index is 4.21. The topological polar surface area (TPSA) is 26.5 Å². The Morgan fingerprint density at radius 1 is 1.50 bits per heavy atom. The van der Waals surface area contributed by atoms with Gasteiger partial charge in [0.05, 0.1) is 0 Å². The first kappa shape index (κ1) is 7.06. The number of hydrogen-bond donors (Lipinski definition) is 0. The predicted octanol–water partition coefficient (Wildman–Crippen LogP) is 1.48. The van der Waals surface area contributed by atoms with Crippen LogP contribution in [-0.4, -0.2) is 12.4 Å². The molecule has 1 heterocycles. The molecule has 0 aromatic heterocycles. The molecule has 0 aliphatic carbocycles. The van der Waals surface area contributed by atoms with Crippen molar-refractivity contribution in [3.8, 4) is 0 Å². The minimum absolute atomic E-state index is 0.837. The smallest absolute Gasteiger partial charge is 0.147 e. The Hall–Kier alpha value is -1.05. The number of aliphatic imine (C=N–C) groups is 1. The van der Waals surface area contributed by atoms with Crippen LogP contribution in [-0.2, 0) is 0 Å². The minimum Gasteiger partial charge on any atom is -0.267 e. The fourth-order valence-electron chi connectivity index (χ4n) is 0.674. The highest BCUT2D eigenvalue weighted by atomic mass is 15.0. The average molecular weight is 135 g/mol. The highest BCUT2D eigenvalue weighted by Gasteiger charge is 1.92. The maximum atomic E-state index is 4.21. The third kappa shape index (κ3) is 2.05. The van der Waals surface area contributed by atoms with Gasteiger partial charge in [0.15, 0.2) is 0 Å². The van der Waals surface area contributed by atoms with Crippen molar-refractivity contribution in [2.75, 3.05) is 6.54 Å². The Bertz CT molecular complexity index is 178. The molecule has 0 aromatic carbocycles. The fraction of sp³-hybridized carbons (Fsp3) is 0.375. The first-order valence-corrected chi connectivity index (χ1v) is 3.52. The van der Waals surface area contributed by atoms with E-state index >= 15 is 0 Å². The summed E-state index contributed by atoms with van der Waals surface area (Å²) in [6, 6.07) is 0. The lowest BCUT2D eigenvalue weighted by Gasteiger charge is -1.99. The highest BCUT2D eigenvalue weighted by Crippen LogP contribution is 1.90. The largest absolute Gasteiger partial charge is 0.267 e. The van der Waals surface area contributed by atoms with E-state index in [1.54, 1.807) is 6.20 Å². The molecule has 1 radical (unpaired) electrons. The van der Waals surface area contributed by atoms with Crippen LogP contribution >= 0.6 is 0 Å². The summed E-state index contributed by atoms with van der Waals surface area (Å²) in [6.07, 6.45) is 8.59. The lowest BCUT2D eigenvalue weighted by molar-refractivity contribution is 0.924. The maximum Gasteiger partial charge on any atom is 0.147 e. The lowest BCUT2D eigenvalue weighted by Crippen LogP contribution is -2.09. The molecule has 0 atom stereocenters. The van der Waals surface area contributed by atoms with Crippen LogP contribution in [0.15, 0.2) is 29.4 Å². The molecule has 0 unspecified atom stereocenters. The van der Waals surface area contributed by atoms with E-state index in [1.807, 2.05) is 18.2 Å². The molecular formula is C8H11N2. The zero-order chi connectivity index (χ0) is 7.23. The number of nitrogens with zero attached hydrogens (tertiary/aromatic N) is 2. The summed E-state index contributed by atoms with van der Waals surface area (Å²) in [5.41, 5.74) is 0.